The van der Waals surface area contributed by atoms with Gasteiger partial charge in [0.1, 0.15) is 17.2 Å². The third-order valence-corrected chi connectivity index (χ3v) is 6.83. The van der Waals surface area contributed by atoms with E-state index in [9.17, 15) is 23.6 Å². The normalized spacial score (nSPS) is 18.9. The largest absolute Gasteiger partial charge is 0.447 e. The molecule has 2 heterocycles. The Hall–Kier alpha value is -4.22. The molecule has 2 N–H and O–H groups in total. The summed E-state index contributed by atoms with van der Waals surface area (Å²) in [5.74, 6) is -1.64. The summed E-state index contributed by atoms with van der Waals surface area (Å²) in [4.78, 5) is 59.1. The Bertz CT molecular complexity index is 1340. The van der Waals surface area contributed by atoms with Gasteiger partial charge in [-0.15, -0.1) is 0 Å². The minimum Gasteiger partial charge on any atom is -0.447 e. The standard InChI is InChI=1S/C30H38FN5O6/c1-17(2)41-29(40)35-16-24(20-9-11-21(31)12-10-20)36(15-18(35)3)27(38)26(37)33-22-13-23(19-7-8-19)25(32-14-22)34-28(39)42-30(4,5)6/h9-14,17-19,24H,7-8,15-16H2,1-6H3,(H,33,37)(H,32,34,39). The summed E-state index contributed by atoms with van der Waals surface area (Å²) in [6.45, 7) is 10.7. The number of ether oxygens (including phenoxy) is 2. The molecule has 4 amide bonds. The molecular formula is C30H38FN5O6. The zero-order valence-corrected chi connectivity index (χ0v) is 24.8. The van der Waals surface area contributed by atoms with E-state index in [1.807, 2.05) is 0 Å². The van der Waals surface area contributed by atoms with Gasteiger partial charge in [0.2, 0.25) is 0 Å². The van der Waals surface area contributed by atoms with Crippen LogP contribution >= 0.6 is 0 Å². The quantitative estimate of drug-likeness (QED) is 0.463. The average molecular weight is 584 g/mol. The number of rotatable bonds is 5. The van der Waals surface area contributed by atoms with Crippen LogP contribution in [0.4, 0.5) is 25.5 Å². The zero-order chi connectivity index (χ0) is 30.8. The van der Waals surface area contributed by atoms with Crippen LogP contribution in [0, 0.1) is 5.82 Å². The summed E-state index contributed by atoms with van der Waals surface area (Å²) in [7, 11) is 0. The number of carbonyl (C=O) groups is 4. The minimum atomic E-state index is -0.885. The van der Waals surface area contributed by atoms with Gasteiger partial charge in [-0.2, -0.15) is 0 Å². The van der Waals surface area contributed by atoms with Gasteiger partial charge in [-0.1, -0.05) is 12.1 Å². The Labute approximate surface area is 244 Å². The van der Waals surface area contributed by atoms with E-state index in [4.69, 9.17) is 9.47 Å². The lowest BCUT2D eigenvalue weighted by Crippen LogP contribution is -2.58. The third-order valence-electron chi connectivity index (χ3n) is 6.83. The molecule has 1 saturated carbocycles. The van der Waals surface area contributed by atoms with Gasteiger partial charge in [0, 0.05) is 24.7 Å². The van der Waals surface area contributed by atoms with Gasteiger partial charge in [-0.05, 0) is 84.1 Å². The SMILES string of the molecule is CC(C)OC(=O)N1CC(c2ccc(F)cc2)N(C(=O)C(=O)Nc2cnc(NC(=O)OC(C)(C)C)c(C3CC3)c2)CC1C. The van der Waals surface area contributed by atoms with E-state index in [1.165, 1.54) is 40.3 Å². The molecule has 0 radical (unpaired) electrons. The summed E-state index contributed by atoms with van der Waals surface area (Å²) in [5.41, 5.74) is 0.931. The number of anilines is 2. The van der Waals surface area contributed by atoms with Crippen molar-refractivity contribution >= 4 is 35.5 Å². The molecule has 2 unspecified atom stereocenters. The fraction of sp³-hybridized carbons (Fsp3) is 0.500. The highest BCUT2D eigenvalue weighted by Crippen LogP contribution is 2.43. The number of benzene rings is 1. The number of hydrogen-bond acceptors (Lipinski definition) is 7. The summed E-state index contributed by atoms with van der Waals surface area (Å²) in [6.07, 6.45) is 1.67. The second kappa shape index (κ2) is 12.3. The number of hydrogen-bond donors (Lipinski definition) is 2. The van der Waals surface area contributed by atoms with E-state index < -0.39 is 47.5 Å². The second-order valence-electron chi connectivity index (χ2n) is 12.0. The number of piperazine rings is 1. The van der Waals surface area contributed by atoms with Crippen molar-refractivity contribution in [1.29, 1.82) is 0 Å². The Morgan fingerprint density at radius 1 is 1.02 bits per heavy atom. The van der Waals surface area contributed by atoms with Crippen molar-refractivity contribution in [1.82, 2.24) is 14.8 Å². The number of carbonyl (C=O) groups excluding carboxylic acids is 4. The fourth-order valence-corrected chi connectivity index (χ4v) is 4.77. The first kappa shape index (κ1) is 30.7. The number of nitrogens with zero attached hydrogens (tertiary/aromatic N) is 3. The van der Waals surface area contributed by atoms with Crippen molar-refractivity contribution in [2.45, 2.75) is 84.1 Å². The van der Waals surface area contributed by atoms with Crippen molar-refractivity contribution in [2.75, 3.05) is 23.7 Å². The Kier molecular flexibility index (Phi) is 9.03. The van der Waals surface area contributed by atoms with Gasteiger partial charge >= 0.3 is 24.0 Å². The first-order chi connectivity index (χ1) is 19.7. The van der Waals surface area contributed by atoms with E-state index in [2.05, 4.69) is 15.6 Å². The van der Waals surface area contributed by atoms with Crippen molar-refractivity contribution in [3.05, 3.63) is 53.5 Å². The molecule has 2 aromatic rings. The van der Waals surface area contributed by atoms with Gasteiger partial charge < -0.3 is 24.6 Å². The molecule has 1 aliphatic carbocycles. The Balaban J connectivity index is 1.53. The average Bonchev–Trinajstić information content (AvgIpc) is 3.73. The van der Waals surface area contributed by atoms with Crippen molar-refractivity contribution in [2.24, 2.45) is 0 Å². The van der Waals surface area contributed by atoms with Crippen LogP contribution in [-0.4, -0.2) is 69.6 Å². The van der Waals surface area contributed by atoms with Gasteiger partial charge in [-0.25, -0.2) is 19.0 Å². The highest BCUT2D eigenvalue weighted by atomic mass is 19.1. The van der Waals surface area contributed by atoms with E-state index in [1.54, 1.807) is 47.6 Å². The van der Waals surface area contributed by atoms with Crippen LogP contribution in [0.3, 0.4) is 0 Å². The highest BCUT2D eigenvalue weighted by Gasteiger charge is 2.40. The molecule has 1 aromatic carbocycles. The van der Waals surface area contributed by atoms with Crippen LogP contribution in [0.2, 0.25) is 0 Å². The van der Waals surface area contributed by atoms with E-state index >= 15 is 0 Å². The maximum atomic E-state index is 13.7. The van der Waals surface area contributed by atoms with Crippen molar-refractivity contribution in [3.63, 3.8) is 0 Å². The van der Waals surface area contributed by atoms with Gasteiger partial charge in [-0.3, -0.25) is 14.9 Å². The lowest BCUT2D eigenvalue weighted by molar-refractivity contribution is -0.147. The van der Waals surface area contributed by atoms with Crippen LogP contribution < -0.4 is 10.6 Å². The topological polar surface area (TPSA) is 130 Å². The zero-order valence-electron chi connectivity index (χ0n) is 24.8. The summed E-state index contributed by atoms with van der Waals surface area (Å²) in [6, 6.07) is 6.15. The summed E-state index contributed by atoms with van der Waals surface area (Å²) >= 11 is 0. The number of pyridine rings is 1. The molecule has 226 valence electrons. The number of amides is 4. The van der Waals surface area contributed by atoms with E-state index in [0.717, 1.165) is 18.4 Å². The molecule has 0 bridgehead atoms. The molecule has 0 spiro atoms. The maximum absolute atomic E-state index is 13.7. The lowest BCUT2D eigenvalue weighted by Gasteiger charge is -2.44. The predicted octanol–water partition coefficient (Wildman–Crippen LogP) is 5.20. The number of aromatic nitrogens is 1. The molecule has 4 rings (SSSR count). The molecular weight excluding hydrogens is 545 g/mol. The number of nitrogens with one attached hydrogen (secondary N) is 2. The molecule has 12 heteroatoms. The molecule has 42 heavy (non-hydrogen) atoms. The molecule has 1 aliphatic heterocycles. The van der Waals surface area contributed by atoms with Crippen LogP contribution in [0.25, 0.3) is 0 Å². The Morgan fingerprint density at radius 3 is 2.29 bits per heavy atom. The molecule has 2 atom stereocenters. The first-order valence-corrected chi connectivity index (χ1v) is 14.1. The van der Waals surface area contributed by atoms with Crippen LogP contribution in [0.5, 0.6) is 0 Å². The Morgan fingerprint density at radius 2 is 1.69 bits per heavy atom. The van der Waals surface area contributed by atoms with Crippen molar-refractivity contribution < 1.29 is 33.0 Å². The van der Waals surface area contributed by atoms with Crippen LogP contribution in [-0.2, 0) is 19.1 Å². The maximum Gasteiger partial charge on any atom is 0.413 e. The molecule has 1 aromatic heterocycles. The van der Waals surface area contributed by atoms with Gasteiger partial charge in [0.25, 0.3) is 0 Å². The van der Waals surface area contributed by atoms with Crippen molar-refractivity contribution in [3.8, 4) is 0 Å². The minimum absolute atomic E-state index is 0.0613. The molecule has 11 nitrogen and oxygen atoms in total. The van der Waals surface area contributed by atoms with Gasteiger partial charge in [0.05, 0.1) is 24.0 Å². The number of halogens is 1. The smallest absolute Gasteiger partial charge is 0.413 e. The second-order valence-corrected chi connectivity index (χ2v) is 12.0. The molecule has 2 fully saturated rings. The van der Waals surface area contributed by atoms with Gasteiger partial charge in [0.15, 0.2) is 0 Å². The van der Waals surface area contributed by atoms with E-state index in [0.29, 0.717) is 17.1 Å². The monoisotopic (exact) mass is 583 g/mol. The molecule has 1 saturated heterocycles. The highest BCUT2D eigenvalue weighted by molar-refractivity contribution is 6.39. The third kappa shape index (κ3) is 7.74. The first-order valence-electron chi connectivity index (χ1n) is 14.1. The van der Waals surface area contributed by atoms with Crippen LogP contribution in [0.1, 0.15) is 77.5 Å². The lowest BCUT2D eigenvalue weighted by atomic mass is 9.99. The predicted molar refractivity (Wildman–Crippen MR) is 153 cm³/mol. The summed E-state index contributed by atoms with van der Waals surface area (Å²) in [5, 5.41) is 5.31. The summed E-state index contributed by atoms with van der Waals surface area (Å²) < 4.78 is 24.4. The molecule has 2 aliphatic rings. The fourth-order valence-electron chi connectivity index (χ4n) is 4.77. The van der Waals surface area contributed by atoms with Crippen LogP contribution in [0.15, 0.2) is 36.5 Å². The van der Waals surface area contributed by atoms with E-state index in [-0.39, 0.29) is 25.1 Å².